The summed E-state index contributed by atoms with van der Waals surface area (Å²) in [4.78, 5) is 46.5. The number of hydrogen-bond acceptors (Lipinski definition) is 4. The number of carboxylic acid groups (broad SMARTS) is 2. The molecule has 1 aliphatic rings. The van der Waals surface area contributed by atoms with Gasteiger partial charge in [0.2, 0.25) is 5.78 Å². The second-order valence-electron chi connectivity index (χ2n) is 5.22. The van der Waals surface area contributed by atoms with Crippen LogP contribution in [-0.2, 0) is 19.2 Å². The minimum Gasteiger partial charge on any atom is -0.480 e. The van der Waals surface area contributed by atoms with Crippen LogP contribution >= 0.6 is 0 Å². The van der Waals surface area contributed by atoms with Gasteiger partial charge in [-0.2, -0.15) is 0 Å². The second-order valence-corrected chi connectivity index (χ2v) is 5.22. The molecule has 1 rings (SSSR count). The highest BCUT2D eigenvalue weighted by Crippen LogP contribution is 2.30. The molecule has 1 fully saturated rings. The summed E-state index contributed by atoms with van der Waals surface area (Å²) in [5.74, 6) is -4.38. The first-order valence-electron chi connectivity index (χ1n) is 5.96. The SMILES string of the molecule is CCC(C)(C)C(=O)C(=O)N1[C@@H](C(=O)O)C[C@@H]1C(=O)O. The zero-order chi connectivity index (χ0) is 15.0. The number of ketones is 1. The Labute approximate surface area is 110 Å². The molecule has 1 heterocycles. The maximum atomic E-state index is 12.0. The lowest BCUT2D eigenvalue weighted by Crippen LogP contribution is -2.66. The quantitative estimate of drug-likeness (QED) is 0.687. The number of carbonyl (C=O) groups excluding carboxylic acids is 2. The fourth-order valence-electron chi connectivity index (χ4n) is 1.81. The van der Waals surface area contributed by atoms with Gasteiger partial charge in [0.05, 0.1) is 0 Å². The van der Waals surface area contributed by atoms with E-state index in [4.69, 9.17) is 10.2 Å². The minimum atomic E-state index is -1.30. The summed E-state index contributed by atoms with van der Waals surface area (Å²) in [6, 6.07) is -2.46. The Morgan fingerprint density at radius 3 is 1.84 bits per heavy atom. The molecule has 1 amide bonds. The van der Waals surface area contributed by atoms with Gasteiger partial charge in [-0.15, -0.1) is 0 Å². The Hall–Kier alpha value is -1.92. The molecule has 0 aromatic heterocycles. The van der Waals surface area contributed by atoms with Gasteiger partial charge in [-0.25, -0.2) is 9.59 Å². The van der Waals surface area contributed by atoms with Crippen molar-refractivity contribution in [2.45, 2.75) is 45.7 Å². The number of nitrogens with zero attached hydrogens (tertiary/aromatic N) is 1. The molecule has 0 radical (unpaired) electrons. The predicted octanol–water partition coefficient (Wildman–Crippen LogP) is 0.130. The van der Waals surface area contributed by atoms with Crippen molar-refractivity contribution in [3.63, 3.8) is 0 Å². The topological polar surface area (TPSA) is 112 Å². The summed E-state index contributed by atoms with van der Waals surface area (Å²) in [6.45, 7) is 4.86. The molecule has 0 bridgehead atoms. The maximum Gasteiger partial charge on any atom is 0.326 e. The Morgan fingerprint density at radius 1 is 1.11 bits per heavy atom. The molecule has 106 valence electrons. The van der Waals surface area contributed by atoms with Gasteiger partial charge in [0.25, 0.3) is 5.91 Å². The number of amides is 1. The van der Waals surface area contributed by atoms with E-state index in [0.29, 0.717) is 11.3 Å². The van der Waals surface area contributed by atoms with Gasteiger partial charge >= 0.3 is 11.9 Å². The lowest BCUT2D eigenvalue weighted by molar-refractivity contribution is -0.174. The van der Waals surface area contributed by atoms with E-state index < -0.39 is 41.1 Å². The van der Waals surface area contributed by atoms with Crippen LogP contribution in [0.2, 0.25) is 0 Å². The van der Waals surface area contributed by atoms with Crippen LogP contribution in [0.1, 0.15) is 33.6 Å². The summed E-state index contributed by atoms with van der Waals surface area (Å²) in [7, 11) is 0. The van der Waals surface area contributed by atoms with Crippen LogP contribution in [0.25, 0.3) is 0 Å². The lowest BCUT2D eigenvalue weighted by atomic mass is 9.82. The largest absolute Gasteiger partial charge is 0.480 e. The van der Waals surface area contributed by atoms with Crippen molar-refractivity contribution in [2.75, 3.05) is 0 Å². The van der Waals surface area contributed by atoms with E-state index in [9.17, 15) is 19.2 Å². The summed E-state index contributed by atoms with van der Waals surface area (Å²) < 4.78 is 0. The van der Waals surface area contributed by atoms with E-state index in [-0.39, 0.29) is 6.42 Å². The smallest absolute Gasteiger partial charge is 0.326 e. The van der Waals surface area contributed by atoms with Crippen LogP contribution in [0.5, 0.6) is 0 Å². The molecule has 1 saturated heterocycles. The van der Waals surface area contributed by atoms with Crippen LogP contribution in [0.3, 0.4) is 0 Å². The fraction of sp³-hybridized carbons (Fsp3) is 0.667. The zero-order valence-electron chi connectivity index (χ0n) is 11.0. The number of hydrogen-bond donors (Lipinski definition) is 2. The van der Waals surface area contributed by atoms with E-state index >= 15 is 0 Å². The standard InChI is InChI=1S/C12H17NO6/c1-4-12(2,3)8(14)9(15)13-6(10(16)17)5-7(13)11(18)19/h6-7H,4-5H2,1-3H3,(H,16,17)(H,18,19)/t6-,7-/m1/s1. The van der Waals surface area contributed by atoms with Crippen molar-refractivity contribution >= 4 is 23.6 Å². The van der Waals surface area contributed by atoms with Gasteiger partial charge < -0.3 is 15.1 Å². The number of Topliss-reactive ketones (excluding diaryl/α,β-unsaturated/α-hetero) is 1. The average molecular weight is 271 g/mol. The van der Waals surface area contributed by atoms with Crippen molar-refractivity contribution in [1.29, 1.82) is 0 Å². The van der Waals surface area contributed by atoms with E-state index in [1.54, 1.807) is 20.8 Å². The summed E-state index contributed by atoms with van der Waals surface area (Å²) in [5.41, 5.74) is -0.932. The molecular formula is C12H17NO6. The molecule has 7 heteroatoms. The number of likely N-dealkylation sites (tertiary alicyclic amines) is 1. The predicted molar refractivity (Wildman–Crippen MR) is 63.4 cm³/mol. The zero-order valence-corrected chi connectivity index (χ0v) is 11.0. The van der Waals surface area contributed by atoms with E-state index in [1.807, 2.05) is 0 Å². The van der Waals surface area contributed by atoms with Crippen LogP contribution in [0.4, 0.5) is 0 Å². The molecule has 0 aromatic carbocycles. The summed E-state index contributed by atoms with van der Waals surface area (Å²) in [6.07, 6.45) is 0.233. The molecule has 0 saturated carbocycles. The van der Waals surface area contributed by atoms with Gasteiger partial charge in [0.1, 0.15) is 12.1 Å². The van der Waals surface area contributed by atoms with Crippen LogP contribution < -0.4 is 0 Å². The third-order valence-corrected chi connectivity index (χ3v) is 3.62. The van der Waals surface area contributed by atoms with Crippen molar-refractivity contribution in [3.05, 3.63) is 0 Å². The summed E-state index contributed by atoms with van der Waals surface area (Å²) in [5, 5.41) is 17.8. The van der Waals surface area contributed by atoms with Crippen molar-refractivity contribution in [1.82, 2.24) is 4.90 Å². The molecule has 2 N–H and O–H groups in total. The highest BCUT2D eigenvalue weighted by molar-refractivity contribution is 6.38. The molecule has 0 spiro atoms. The second kappa shape index (κ2) is 4.99. The molecule has 19 heavy (non-hydrogen) atoms. The van der Waals surface area contributed by atoms with E-state index in [1.165, 1.54) is 0 Å². The van der Waals surface area contributed by atoms with Gasteiger partial charge in [-0.05, 0) is 6.42 Å². The first-order chi connectivity index (χ1) is 8.63. The first-order valence-corrected chi connectivity index (χ1v) is 5.96. The minimum absolute atomic E-state index is 0.170. The molecule has 7 nitrogen and oxygen atoms in total. The third-order valence-electron chi connectivity index (χ3n) is 3.62. The molecule has 1 aliphatic heterocycles. The van der Waals surface area contributed by atoms with Crippen molar-refractivity contribution in [3.8, 4) is 0 Å². The fourth-order valence-corrected chi connectivity index (χ4v) is 1.81. The average Bonchev–Trinajstić information content (AvgIpc) is 2.25. The van der Waals surface area contributed by atoms with Gasteiger partial charge in [-0.1, -0.05) is 20.8 Å². The van der Waals surface area contributed by atoms with Gasteiger partial charge in [0.15, 0.2) is 0 Å². The lowest BCUT2D eigenvalue weighted by Gasteiger charge is -2.44. The molecular weight excluding hydrogens is 254 g/mol. The number of rotatable bonds is 5. The highest BCUT2D eigenvalue weighted by Gasteiger charge is 2.52. The normalized spacial score (nSPS) is 22.6. The third kappa shape index (κ3) is 2.59. The van der Waals surface area contributed by atoms with Gasteiger partial charge in [0, 0.05) is 11.8 Å². The Morgan fingerprint density at radius 2 is 1.53 bits per heavy atom. The van der Waals surface area contributed by atoms with Crippen molar-refractivity contribution in [2.24, 2.45) is 5.41 Å². The number of carbonyl (C=O) groups is 4. The van der Waals surface area contributed by atoms with Crippen LogP contribution in [0.15, 0.2) is 0 Å². The van der Waals surface area contributed by atoms with Crippen molar-refractivity contribution < 1.29 is 29.4 Å². The van der Waals surface area contributed by atoms with Crippen LogP contribution in [-0.4, -0.2) is 50.8 Å². The monoisotopic (exact) mass is 271 g/mol. The first kappa shape index (κ1) is 15.1. The van der Waals surface area contributed by atoms with Crippen LogP contribution in [0, 0.1) is 5.41 Å². The number of carboxylic acids is 2. The number of aliphatic carboxylic acids is 2. The molecule has 0 unspecified atom stereocenters. The Kier molecular flexibility index (Phi) is 3.97. The highest BCUT2D eigenvalue weighted by atomic mass is 16.4. The Bertz CT molecular complexity index is 422. The molecule has 2 atom stereocenters. The molecule has 0 aromatic rings. The van der Waals surface area contributed by atoms with Gasteiger partial charge in [-0.3, -0.25) is 9.59 Å². The van der Waals surface area contributed by atoms with E-state index in [2.05, 4.69) is 0 Å². The summed E-state index contributed by atoms with van der Waals surface area (Å²) >= 11 is 0. The Balaban J connectivity index is 2.97. The maximum absolute atomic E-state index is 12.0. The molecule has 0 aliphatic carbocycles. The van der Waals surface area contributed by atoms with E-state index in [0.717, 1.165) is 0 Å².